The van der Waals surface area contributed by atoms with Crippen LogP contribution in [0.25, 0.3) is 0 Å². The molecule has 168 valence electrons. The maximum atomic E-state index is 12.7. The molecule has 4 N–H and O–H groups in total. The van der Waals surface area contributed by atoms with Crippen LogP contribution < -0.4 is 5.32 Å². The summed E-state index contributed by atoms with van der Waals surface area (Å²) in [5.74, 6) is -3.46. The number of nitrogens with one attached hydrogen (secondary N) is 1. The molecule has 0 spiro atoms. The number of likely N-dealkylation sites (tertiary alicyclic amines) is 1. The van der Waals surface area contributed by atoms with Gasteiger partial charge in [-0.2, -0.15) is 8.42 Å². The molecule has 0 aliphatic carbocycles. The Morgan fingerprint density at radius 2 is 1.94 bits per heavy atom. The molecule has 3 atom stereocenters. The van der Waals surface area contributed by atoms with Crippen molar-refractivity contribution in [2.45, 2.75) is 25.0 Å². The number of aromatic hydroxyl groups is 2. The number of urea groups is 1. The average Bonchev–Trinajstić information content (AvgIpc) is 3.02. The summed E-state index contributed by atoms with van der Waals surface area (Å²) in [4.78, 5) is 39.4. The van der Waals surface area contributed by atoms with Crippen LogP contribution in [-0.4, -0.2) is 106 Å². The number of β-lactam (4-membered cyclic amide) rings is 1. The van der Waals surface area contributed by atoms with Gasteiger partial charge in [-0.1, -0.05) is 6.07 Å². The van der Waals surface area contributed by atoms with Crippen LogP contribution in [0.4, 0.5) is 4.79 Å². The molecule has 4 rings (SSSR count). The fraction of sp³-hybridized carbons (Fsp3) is 0.389. The van der Waals surface area contributed by atoms with Gasteiger partial charge in [0.15, 0.2) is 23.0 Å². The van der Waals surface area contributed by atoms with Gasteiger partial charge in [0, 0.05) is 25.4 Å². The van der Waals surface area contributed by atoms with Gasteiger partial charge in [0.25, 0.3) is 5.91 Å². The van der Waals surface area contributed by atoms with Crippen molar-refractivity contribution in [1.82, 2.24) is 15.1 Å². The minimum atomic E-state index is -4.01. The molecule has 14 heteroatoms. The fourth-order valence-electron chi connectivity index (χ4n) is 4.31. The topological polar surface area (TPSA) is 174 Å². The van der Waals surface area contributed by atoms with Gasteiger partial charge < -0.3 is 29.7 Å². The van der Waals surface area contributed by atoms with E-state index in [1.165, 1.54) is 23.1 Å². The van der Waals surface area contributed by atoms with Crippen molar-refractivity contribution in [3.63, 3.8) is 0 Å². The standard InChI is InChI=1S/C18H19N3O9S.Na.H/c1-31(28,29)30-12-5-9-7-20(15-13(9)21(16(15)24)14(12)17(25)26)18(27)19-6-8-2-3-10(22)11(23)4-8;;/h2-4,9,13,15,22-23H,5-7H2,1H3,(H,19,27)(H,25,26);;/t9-,13-,15+;;/m1../s1. The molecule has 3 aliphatic rings. The molecule has 3 aliphatic heterocycles. The Kier molecular flexibility index (Phi) is 6.39. The molecule has 1 aromatic rings. The summed E-state index contributed by atoms with van der Waals surface area (Å²) in [7, 11) is -4.01. The van der Waals surface area contributed by atoms with Crippen LogP contribution in [0.2, 0.25) is 0 Å². The number of hydrogen-bond donors (Lipinski definition) is 4. The Balaban J connectivity index is 0.00000289. The predicted octanol–water partition coefficient (Wildman–Crippen LogP) is -1.15. The van der Waals surface area contributed by atoms with Crippen LogP contribution in [0, 0.1) is 5.92 Å². The summed E-state index contributed by atoms with van der Waals surface area (Å²) in [5.41, 5.74) is -0.00440. The third-order valence-electron chi connectivity index (χ3n) is 5.51. The van der Waals surface area contributed by atoms with Crippen molar-refractivity contribution in [1.29, 1.82) is 0 Å². The van der Waals surface area contributed by atoms with Gasteiger partial charge in [-0.25, -0.2) is 9.59 Å². The molecule has 0 radical (unpaired) electrons. The van der Waals surface area contributed by atoms with Crippen LogP contribution in [0.3, 0.4) is 0 Å². The van der Waals surface area contributed by atoms with Crippen molar-refractivity contribution in [2.75, 3.05) is 12.8 Å². The van der Waals surface area contributed by atoms with E-state index in [-0.39, 0.29) is 72.2 Å². The molecule has 2 fully saturated rings. The second-order valence-electron chi connectivity index (χ2n) is 7.61. The van der Waals surface area contributed by atoms with Crippen molar-refractivity contribution >= 4 is 57.6 Å². The van der Waals surface area contributed by atoms with E-state index in [1.54, 1.807) is 0 Å². The molecular formula is C18H20N3NaO9S. The van der Waals surface area contributed by atoms with Gasteiger partial charge in [-0.05, 0) is 17.7 Å². The summed E-state index contributed by atoms with van der Waals surface area (Å²) in [6, 6.07) is 2.07. The molecular weight excluding hydrogens is 457 g/mol. The van der Waals surface area contributed by atoms with Crippen molar-refractivity contribution in [3.05, 3.63) is 35.2 Å². The van der Waals surface area contributed by atoms with E-state index < -0.39 is 45.8 Å². The number of phenolic OH excluding ortho intramolecular Hbond substituents is 2. The Bertz CT molecular complexity index is 1140. The second-order valence-corrected chi connectivity index (χ2v) is 9.18. The number of carbonyl (C=O) groups excluding carboxylic acids is 2. The molecule has 0 saturated carbocycles. The zero-order valence-electron chi connectivity index (χ0n) is 16.2. The van der Waals surface area contributed by atoms with Crippen LogP contribution in [-0.2, 0) is 30.4 Å². The molecule has 12 nitrogen and oxygen atoms in total. The number of phenols is 2. The Hall–Kier alpha value is -2.48. The van der Waals surface area contributed by atoms with Crippen LogP contribution >= 0.6 is 0 Å². The first-order valence-electron chi connectivity index (χ1n) is 9.22. The first-order chi connectivity index (χ1) is 14.5. The molecule has 0 bridgehead atoms. The monoisotopic (exact) mass is 477 g/mol. The van der Waals surface area contributed by atoms with Crippen LogP contribution in [0.1, 0.15) is 12.0 Å². The Morgan fingerprint density at radius 1 is 1.25 bits per heavy atom. The number of carboxylic acids is 1. The number of nitrogens with zero attached hydrogens (tertiary/aromatic N) is 2. The summed E-state index contributed by atoms with van der Waals surface area (Å²) in [6.07, 6.45) is 0.733. The van der Waals surface area contributed by atoms with E-state index in [4.69, 9.17) is 4.18 Å². The van der Waals surface area contributed by atoms with Gasteiger partial charge in [0.1, 0.15) is 6.04 Å². The van der Waals surface area contributed by atoms with E-state index in [0.29, 0.717) is 5.56 Å². The molecule has 0 aromatic heterocycles. The number of aliphatic carboxylic acids is 1. The number of carboxylic acid groups (broad SMARTS) is 1. The van der Waals surface area contributed by atoms with Crippen LogP contribution in [0.15, 0.2) is 29.7 Å². The quantitative estimate of drug-likeness (QED) is 0.177. The van der Waals surface area contributed by atoms with Gasteiger partial charge in [-0.3, -0.25) is 9.69 Å². The number of allylic oxidation sites excluding steroid dienone is 1. The molecule has 2 saturated heterocycles. The molecule has 3 amide bonds. The van der Waals surface area contributed by atoms with Gasteiger partial charge in [-0.15, -0.1) is 0 Å². The zero-order valence-corrected chi connectivity index (χ0v) is 17.0. The summed E-state index contributed by atoms with van der Waals surface area (Å²) in [5, 5.41) is 31.0. The number of amides is 3. The minimum absolute atomic E-state index is 0. The Morgan fingerprint density at radius 3 is 2.53 bits per heavy atom. The summed E-state index contributed by atoms with van der Waals surface area (Å²) >= 11 is 0. The zero-order chi connectivity index (χ0) is 22.7. The van der Waals surface area contributed by atoms with E-state index in [0.717, 1.165) is 11.2 Å². The van der Waals surface area contributed by atoms with Crippen molar-refractivity contribution in [3.8, 4) is 11.5 Å². The normalized spacial score (nSPS) is 23.8. The number of benzene rings is 1. The van der Waals surface area contributed by atoms with E-state index in [2.05, 4.69) is 5.32 Å². The number of carbonyl (C=O) groups is 3. The molecule has 0 unspecified atom stereocenters. The molecule has 3 heterocycles. The number of hydrogen-bond acceptors (Lipinski definition) is 8. The fourth-order valence-corrected chi connectivity index (χ4v) is 4.83. The average molecular weight is 477 g/mol. The van der Waals surface area contributed by atoms with E-state index in [1.807, 2.05) is 0 Å². The summed E-state index contributed by atoms with van der Waals surface area (Å²) in [6.45, 7) is 0.123. The Labute approximate surface area is 204 Å². The van der Waals surface area contributed by atoms with Crippen molar-refractivity contribution < 1.29 is 42.3 Å². The first-order valence-corrected chi connectivity index (χ1v) is 11.0. The van der Waals surface area contributed by atoms with Gasteiger partial charge >= 0.3 is 51.7 Å². The molecule has 1 aromatic carbocycles. The predicted molar refractivity (Wildman–Crippen MR) is 109 cm³/mol. The maximum absolute atomic E-state index is 12.7. The third kappa shape index (κ3) is 4.12. The molecule has 32 heavy (non-hydrogen) atoms. The SMILES string of the molecule is CS(=O)(=O)OC1=C(C(=O)O)N2C(=O)[C@@H]3[C@H]2[C@H](C1)CN3C(=O)NCc1ccc(O)c(O)c1.[NaH]. The summed E-state index contributed by atoms with van der Waals surface area (Å²) < 4.78 is 27.9. The second kappa shape index (κ2) is 8.46. The van der Waals surface area contributed by atoms with Gasteiger partial charge in [0.2, 0.25) is 0 Å². The van der Waals surface area contributed by atoms with Gasteiger partial charge in [0.05, 0.1) is 12.3 Å². The third-order valence-corrected chi connectivity index (χ3v) is 6.02. The van der Waals surface area contributed by atoms with Crippen LogP contribution in [0.5, 0.6) is 11.5 Å². The van der Waals surface area contributed by atoms with E-state index >= 15 is 0 Å². The van der Waals surface area contributed by atoms with Crippen molar-refractivity contribution in [2.24, 2.45) is 5.92 Å². The first kappa shape index (κ1) is 24.2. The number of rotatable bonds is 5. The van der Waals surface area contributed by atoms with E-state index in [9.17, 15) is 38.1 Å².